The second-order valence-electron chi connectivity index (χ2n) is 8.74. The van der Waals surface area contributed by atoms with Crippen LogP contribution >= 0.6 is 0 Å². The Morgan fingerprint density at radius 3 is 1.93 bits per heavy atom. The lowest BCUT2D eigenvalue weighted by Crippen LogP contribution is -2.28. The summed E-state index contributed by atoms with van der Waals surface area (Å²) in [7, 11) is 1.98. The maximum atomic E-state index is 12.1. The standard InChI is InChI=1S/C28H32BN7O4/c29-21-8-6-20(7-9-21)25(38)30-14-16-39-18-19-40-17-15-31-26-34-27(32-22-4-2-1-3-5-22)36-28(35-26)33-23-10-12-24(37)13-11-23/h1-13,37H,14-19,29H2,(H,30,38)(H3,31,32,33,34,35,36). The van der Waals surface area contributed by atoms with Gasteiger partial charge < -0.3 is 35.8 Å². The van der Waals surface area contributed by atoms with Crippen molar-refractivity contribution in [3.63, 3.8) is 0 Å². The Morgan fingerprint density at radius 2 is 1.27 bits per heavy atom. The maximum absolute atomic E-state index is 12.1. The molecule has 1 heterocycles. The number of hydrogen-bond acceptors (Lipinski definition) is 10. The van der Waals surface area contributed by atoms with Crippen LogP contribution in [0.2, 0.25) is 0 Å². The molecule has 1 amide bonds. The van der Waals surface area contributed by atoms with Gasteiger partial charge in [-0.1, -0.05) is 47.9 Å². The van der Waals surface area contributed by atoms with Crippen LogP contribution in [0, 0.1) is 0 Å². The lowest BCUT2D eigenvalue weighted by atomic mass is 9.95. The van der Waals surface area contributed by atoms with Gasteiger partial charge in [-0.25, -0.2) is 0 Å². The van der Waals surface area contributed by atoms with Gasteiger partial charge in [0, 0.05) is 30.0 Å². The Hall–Kier alpha value is -4.68. The molecule has 40 heavy (non-hydrogen) atoms. The van der Waals surface area contributed by atoms with Gasteiger partial charge in [-0.3, -0.25) is 4.79 Å². The van der Waals surface area contributed by atoms with Crippen molar-refractivity contribution >= 4 is 48.4 Å². The fourth-order valence-corrected chi connectivity index (χ4v) is 3.49. The molecule has 0 fully saturated rings. The van der Waals surface area contributed by atoms with E-state index in [0.29, 0.717) is 62.9 Å². The number of phenols is 1. The number of nitrogens with zero attached hydrogens (tertiary/aromatic N) is 3. The number of hydrogen-bond donors (Lipinski definition) is 5. The molecule has 5 N–H and O–H groups in total. The summed E-state index contributed by atoms with van der Waals surface area (Å²) in [4.78, 5) is 25.4. The molecule has 1 aromatic heterocycles. The van der Waals surface area contributed by atoms with Crippen LogP contribution in [0.25, 0.3) is 0 Å². The largest absolute Gasteiger partial charge is 0.508 e. The van der Waals surface area contributed by atoms with E-state index in [9.17, 15) is 9.90 Å². The third-order valence-corrected chi connectivity index (χ3v) is 5.54. The van der Waals surface area contributed by atoms with Crippen molar-refractivity contribution in [1.82, 2.24) is 20.3 Å². The minimum atomic E-state index is -0.118. The normalized spacial score (nSPS) is 10.6. The van der Waals surface area contributed by atoms with Gasteiger partial charge in [0.25, 0.3) is 5.91 Å². The average Bonchev–Trinajstić information content (AvgIpc) is 2.96. The number of nitrogens with one attached hydrogen (secondary N) is 4. The van der Waals surface area contributed by atoms with Gasteiger partial charge in [0.2, 0.25) is 17.8 Å². The van der Waals surface area contributed by atoms with Crippen molar-refractivity contribution in [2.24, 2.45) is 0 Å². The van der Waals surface area contributed by atoms with Gasteiger partial charge in [0.15, 0.2) is 0 Å². The number of para-hydroxylation sites is 1. The van der Waals surface area contributed by atoms with Crippen molar-refractivity contribution in [3.8, 4) is 5.75 Å². The molecule has 12 heteroatoms. The summed E-state index contributed by atoms with van der Waals surface area (Å²) in [5.74, 6) is 1.14. The van der Waals surface area contributed by atoms with Crippen LogP contribution in [-0.4, -0.2) is 73.3 Å². The molecular weight excluding hydrogens is 509 g/mol. The lowest BCUT2D eigenvalue weighted by Gasteiger charge is -2.12. The molecule has 3 aromatic carbocycles. The molecule has 0 spiro atoms. The summed E-state index contributed by atoms with van der Waals surface area (Å²) in [6.45, 7) is 2.55. The van der Waals surface area contributed by atoms with Gasteiger partial charge in [-0.15, -0.1) is 0 Å². The number of phenolic OH excluding ortho intramolecular Hbond substituents is 1. The highest BCUT2D eigenvalue weighted by Crippen LogP contribution is 2.20. The van der Waals surface area contributed by atoms with E-state index in [0.717, 1.165) is 16.8 Å². The molecule has 4 rings (SSSR count). The summed E-state index contributed by atoms with van der Waals surface area (Å²) < 4.78 is 11.2. The number of aromatic hydroxyl groups is 1. The maximum Gasteiger partial charge on any atom is 0.251 e. The van der Waals surface area contributed by atoms with Gasteiger partial charge in [-0.05, 0) is 36.4 Å². The fourth-order valence-electron chi connectivity index (χ4n) is 3.49. The van der Waals surface area contributed by atoms with Crippen LogP contribution < -0.4 is 26.7 Å². The molecule has 206 valence electrons. The molecular formula is C28H32BN7O4. The number of amides is 1. The predicted octanol–water partition coefficient (Wildman–Crippen LogP) is 2.20. The van der Waals surface area contributed by atoms with Crippen LogP contribution in [0.3, 0.4) is 0 Å². The molecule has 0 aliphatic carbocycles. The van der Waals surface area contributed by atoms with Crippen LogP contribution in [0.4, 0.5) is 29.2 Å². The Labute approximate surface area is 233 Å². The van der Waals surface area contributed by atoms with Gasteiger partial charge in [0.05, 0.1) is 26.4 Å². The smallest absolute Gasteiger partial charge is 0.251 e. The molecule has 0 aliphatic heterocycles. The van der Waals surface area contributed by atoms with Gasteiger partial charge in [-0.2, -0.15) is 15.0 Å². The molecule has 0 aliphatic rings. The van der Waals surface area contributed by atoms with Gasteiger partial charge in [0.1, 0.15) is 13.6 Å². The number of rotatable bonds is 15. The van der Waals surface area contributed by atoms with E-state index < -0.39 is 0 Å². The zero-order valence-corrected chi connectivity index (χ0v) is 22.3. The minimum Gasteiger partial charge on any atom is -0.508 e. The summed E-state index contributed by atoms with van der Waals surface area (Å²) >= 11 is 0. The zero-order chi connectivity index (χ0) is 28.0. The zero-order valence-electron chi connectivity index (χ0n) is 22.3. The molecule has 0 saturated carbocycles. The first-order valence-corrected chi connectivity index (χ1v) is 12.9. The van der Waals surface area contributed by atoms with E-state index >= 15 is 0 Å². The number of anilines is 5. The van der Waals surface area contributed by atoms with E-state index in [-0.39, 0.29) is 11.7 Å². The average molecular weight is 541 g/mol. The summed E-state index contributed by atoms with van der Waals surface area (Å²) in [5, 5.41) is 21.8. The van der Waals surface area contributed by atoms with Crippen molar-refractivity contribution in [2.45, 2.75) is 0 Å². The molecule has 0 radical (unpaired) electrons. The number of carbonyl (C=O) groups excluding carboxylic acids is 1. The molecule has 0 atom stereocenters. The molecule has 0 unspecified atom stereocenters. The second kappa shape index (κ2) is 15.1. The third-order valence-electron chi connectivity index (χ3n) is 5.54. The Kier molecular flexibility index (Phi) is 10.7. The lowest BCUT2D eigenvalue weighted by molar-refractivity contribution is 0.0519. The molecule has 4 aromatic rings. The first kappa shape index (κ1) is 28.3. The fraction of sp³-hybridized carbons (Fsp3) is 0.214. The first-order valence-electron chi connectivity index (χ1n) is 12.9. The second-order valence-corrected chi connectivity index (χ2v) is 8.74. The van der Waals surface area contributed by atoms with Crippen LogP contribution in [0.15, 0.2) is 78.9 Å². The number of carbonyl (C=O) groups is 1. The first-order chi connectivity index (χ1) is 19.5. The summed E-state index contributed by atoms with van der Waals surface area (Å²) in [6, 6.07) is 23.6. The number of ether oxygens (including phenoxy) is 2. The van der Waals surface area contributed by atoms with E-state index in [4.69, 9.17) is 9.47 Å². The van der Waals surface area contributed by atoms with E-state index in [2.05, 4.69) is 36.2 Å². The van der Waals surface area contributed by atoms with Crippen molar-refractivity contribution < 1.29 is 19.4 Å². The Morgan fingerprint density at radius 1 is 0.700 bits per heavy atom. The Bertz CT molecular complexity index is 1340. The van der Waals surface area contributed by atoms with E-state index in [1.807, 2.05) is 50.3 Å². The monoisotopic (exact) mass is 541 g/mol. The van der Waals surface area contributed by atoms with Crippen molar-refractivity contribution in [3.05, 3.63) is 84.4 Å². The third kappa shape index (κ3) is 9.57. The van der Waals surface area contributed by atoms with Crippen LogP contribution in [-0.2, 0) is 9.47 Å². The van der Waals surface area contributed by atoms with Crippen molar-refractivity contribution in [1.29, 1.82) is 0 Å². The SMILES string of the molecule is Bc1ccc(C(=O)NCCOCCOCCNc2nc(Nc3ccccc3)nc(Nc3ccc(O)cc3)n2)cc1. The number of benzene rings is 3. The van der Waals surface area contributed by atoms with E-state index in [1.165, 1.54) is 0 Å². The van der Waals surface area contributed by atoms with Gasteiger partial charge >= 0.3 is 0 Å². The molecule has 0 bridgehead atoms. The predicted molar refractivity (Wildman–Crippen MR) is 158 cm³/mol. The molecule has 11 nitrogen and oxygen atoms in total. The van der Waals surface area contributed by atoms with Crippen molar-refractivity contribution in [2.75, 3.05) is 55.5 Å². The number of aromatic nitrogens is 3. The minimum absolute atomic E-state index is 0.118. The van der Waals surface area contributed by atoms with E-state index in [1.54, 1.807) is 36.4 Å². The molecule has 0 saturated heterocycles. The highest BCUT2D eigenvalue weighted by atomic mass is 16.5. The van der Waals surface area contributed by atoms with Crippen LogP contribution in [0.1, 0.15) is 10.4 Å². The topological polar surface area (TPSA) is 143 Å². The highest BCUT2D eigenvalue weighted by Gasteiger charge is 2.08. The Balaban J connectivity index is 1.17. The summed E-state index contributed by atoms with van der Waals surface area (Å²) in [6.07, 6.45) is 0. The summed E-state index contributed by atoms with van der Waals surface area (Å²) in [5.41, 5.74) is 3.30. The quantitative estimate of drug-likeness (QED) is 0.0864. The highest BCUT2D eigenvalue weighted by molar-refractivity contribution is 6.32. The van der Waals surface area contributed by atoms with Crippen LogP contribution in [0.5, 0.6) is 5.75 Å².